The molecular weight excluding hydrogens is 570 g/mol. The number of hydrogen-bond donors (Lipinski definition) is 7. The average Bonchev–Trinajstić information content (AvgIpc) is 3.45. The SMILES string of the molecule is NCC(=O)Nc1ccc(C[C@H](NC(=O)c2ccc(C(=O)O)s2)[C@H](O)NCCc2cc(=O)[nH]c3ccc(Cl)cc23)cc1. The van der Waals surface area contributed by atoms with Crippen molar-refractivity contribution < 1.29 is 24.6 Å². The van der Waals surface area contributed by atoms with Crippen molar-refractivity contribution in [1.29, 1.82) is 0 Å². The molecule has 2 heterocycles. The Bertz CT molecular complexity index is 1620. The Labute approximate surface area is 243 Å². The van der Waals surface area contributed by atoms with E-state index in [0.29, 0.717) is 22.6 Å². The van der Waals surface area contributed by atoms with E-state index in [2.05, 4.69) is 20.9 Å². The lowest BCUT2D eigenvalue weighted by Crippen LogP contribution is -2.51. The highest BCUT2D eigenvalue weighted by molar-refractivity contribution is 7.15. The largest absolute Gasteiger partial charge is 0.477 e. The minimum Gasteiger partial charge on any atom is -0.477 e. The van der Waals surface area contributed by atoms with Crippen LogP contribution in [0.2, 0.25) is 5.02 Å². The molecule has 4 rings (SSSR count). The van der Waals surface area contributed by atoms with Gasteiger partial charge in [-0.25, -0.2) is 4.79 Å². The fourth-order valence-corrected chi connectivity index (χ4v) is 5.17. The van der Waals surface area contributed by atoms with Gasteiger partial charge in [0.1, 0.15) is 11.1 Å². The second-order valence-corrected chi connectivity index (χ2v) is 10.7. The zero-order valence-electron chi connectivity index (χ0n) is 21.6. The number of aliphatic hydroxyl groups excluding tert-OH is 1. The quantitative estimate of drug-likeness (QED) is 0.121. The van der Waals surface area contributed by atoms with Gasteiger partial charge in [0.25, 0.3) is 5.91 Å². The van der Waals surface area contributed by atoms with Gasteiger partial charge in [-0.1, -0.05) is 23.7 Å². The van der Waals surface area contributed by atoms with Gasteiger partial charge in [-0.05, 0) is 66.4 Å². The molecule has 214 valence electrons. The topological polar surface area (TPSA) is 187 Å². The zero-order chi connectivity index (χ0) is 29.5. The molecule has 8 N–H and O–H groups in total. The summed E-state index contributed by atoms with van der Waals surface area (Å²) in [7, 11) is 0. The Morgan fingerprint density at radius 3 is 2.44 bits per heavy atom. The number of anilines is 1. The number of benzene rings is 2. The van der Waals surface area contributed by atoms with Crippen molar-refractivity contribution in [3.8, 4) is 0 Å². The highest BCUT2D eigenvalue weighted by Gasteiger charge is 2.24. The molecule has 0 bridgehead atoms. The maximum atomic E-state index is 13.0. The first-order valence-corrected chi connectivity index (χ1v) is 13.8. The van der Waals surface area contributed by atoms with Crippen molar-refractivity contribution in [2.45, 2.75) is 25.1 Å². The van der Waals surface area contributed by atoms with Gasteiger partial charge in [-0.15, -0.1) is 11.3 Å². The number of nitrogens with one attached hydrogen (secondary N) is 4. The summed E-state index contributed by atoms with van der Waals surface area (Å²) in [5.41, 5.74) is 7.77. The van der Waals surface area contributed by atoms with Crippen molar-refractivity contribution in [3.63, 3.8) is 0 Å². The predicted molar refractivity (Wildman–Crippen MR) is 158 cm³/mol. The molecule has 2 aromatic carbocycles. The number of rotatable bonds is 12. The van der Waals surface area contributed by atoms with Crippen molar-refractivity contribution in [2.24, 2.45) is 5.73 Å². The molecule has 41 heavy (non-hydrogen) atoms. The van der Waals surface area contributed by atoms with Crippen molar-refractivity contribution in [3.05, 3.63) is 96.9 Å². The maximum absolute atomic E-state index is 13.0. The van der Waals surface area contributed by atoms with Crippen LogP contribution in [0, 0.1) is 0 Å². The third-order valence-corrected chi connectivity index (χ3v) is 7.56. The van der Waals surface area contributed by atoms with Crippen molar-refractivity contribution >= 4 is 57.3 Å². The minimum absolute atomic E-state index is 0.0191. The van der Waals surface area contributed by atoms with Crippen LogP contribution >= 0.6 is 22.9 Å². The van der Waals surface area contributed by atoms with Crippen LogP contribution in [0.1, 0.15) is 30.5 Å². The Morgan fingerprint density at radius 2 is 1.76 bits per heavy atom. The minimum atomic E-state index is -1.20. The highest BCUT2D eigenvalue weighted by Crippen LogP contribution is 2.21. The van der Waals surface area contributed by atoms with E-state index < -0.39 is 24.1 Å². The summed E-state index contributed by atoms with van der Waals surface area (Å²) < 4.78 is 0. The molecule has 2 atom stereocenters. The van der Waals surface area contributed by atoms with Crippen LogP contribution in [0.25, 0.3) is 10.9 Å². The van der Waals surface area contributed by atoms with Crippen LogP contribution in [0.5, 0.6) is 0 Å². The fraction of sp³-hybridized carbons (Fsp3) is 0.214. The van der Waals surface area contributed by atoms with E-state index in [4.69, 9.17) is 17.3 Å². The van der Waals surface area contributed by atoms with Gasteiger partial charge in [0.05, 0.1) is 17.5 Å². The standard InChI is InChI=1S/C28H28ClN5O6S/c29-17-3-6-20-19(13-17)16(12-24(35)33-20)9-10-31-26(37)21(34-27(38)22-7-8-23(41-22)28(39)40)11-15-1-4-18(5-2-15)32-25(36)14-30/h1-8,12-13,21,26,31,37H,9-11,14,30H2,(H,32,36)(H,33,35)(H,34,38)(H,39,40)/t21-,26-/m0/s1. The number of halogens is 1. The van der Waals surface area contributed by atoms with Gasteiger partial charge in [-0.2, -0.15) is 0 Å². The molecule has 0 fully saturated rings. The van der Waals surface area contributed by atoms with Gasteiger partial charge in [0.2, 0.25) is 11.5 Å². The Hall–Kier alpha value is -4.07. The van der Waals surface area contributed by atoms with Gasteiger partial charge in [0, 0.05) is 34.2 Å². The molecule has 0 saturated heterocycles. The molecule has 0 spiro atoms. The third kappa shape index (κ3) is 7.99. The van der Waals surface area contributed by atoms with Crippen LogP contribution < -0.4 is 27.2 Å². The van der Waals surface area contributed by atoms with Gasteiger partial charge < -0.3 is 31.6 Å². The molecule has 0 aliphatic carbocycles. The van der Waals surface area contributed by atoms with Crippen molar-refractivity contribution in [2.75, 3.05) is 18.4 Å². The number of aliphatic hydroxyl groups is 1. The average molecular weight is 598 g/mol. The van der Waals surface area contributed by atoms with E-state index in [1.54, 1.807) is 42.5 Å². The summed E-state index contributed by atoms with van der Waals surface area (Å²) in [6.45, 7) is 0.116. The molecule has 13 heteroatoms. The molecule has 2 amide bonds. The summed E-state index contributed by atoms with van der Waals surface area (Å²) in [6, 6.07) is 15.5. The second-order valence-electron chi connectivity index (χ2n) is 9.20. The first-order chi connectivity index (χ1) is 19.6. The number of aromatic amines is 1. The van der Waals surface area contributed by atoms with Crippen molar-refractivity contribution in [1.82, 2.24) is 15.6 Å². The van der Waals surface area contributed by atoms with E-state index in [1.165, 1.54) is 18.2 Å². The molecule has 0 aliphatic heterocycles. The van der Waals surface area contributed by atoms with E-state index in [0.717, 1.165) is 27.8 Å². The molecule has 11 nitrogen and oxygen atoms in total. The smallest absolute Gasteiger partial charge is 0.345 e. The number of fused-ring (bicyclic) bond motifs is 1. The molecule has 0 aliphatic rings. The zero-order valence-corrected chi connectivity index (χ0v) is 23.2. The normalized spacial score (nSPS) is 12.6. The number of carboxylic acids is 1. The van der Waals surface area contributed by atoms with Gasteiger partial charge in [-0.3, -0.25) is 19.7 Å². The number of H-pyrrole nitrogens is 1. The predicted octanol–water partition coefficient (Wildman–Crippen LogP) is 2.33. The molecular formula is C28H28ClN5O6S. The first kappa shape index (κ1) is 29.9. The lowest BCUT2D eigenvalue weighted by atomic mass is 10.0. The number of nitrogens with two attached hydrogens (primary N) is 1. The van der Waals surface area contributed by atoms with E-state index in [1.807, 2.05) is 0 Å². The highest BCUT2D eigenvalue weighted by atomic mass is 35.5. The number of aromatic nitrogens is 1. The first-order valence-electron chi connectivity index (χ1n) is 12.6. The Kier molecular flexibility index (Phi) is 9.86. The van der Waals surface area contributed by atoms with Crippen LogP contribution in [-0.4, -0.2) is 58.3 Å². The van der Waals surface area contributed by atoms with Crippen LogP contribution in [0.4, 0.5) is 5.69 Å². The van der Waals surface area contributed by atoms with Crippen LogP contribution in [0.15, 0.2) is 65.5 Å². The monoisotopic (exact) mass is 597 g/mol. The molecule has 0 saturated carbocycles. The summed E-state index contributed by atoms with van der Waals surface area (Å²) in [5.74, 6) is -2.01. The van der Waals surface area contributed by atoms with Gasteiger partial charge in [0.15, 0.2) is 0 Å². The van der Waals surface area contributed by atoms with Crippen LogP contribution in [-0.2, 0) is 17.6 Å². The summed E-state index contributed by atoms with van der Waals surface area (Å²) in [5, 5.41) is 30.0. The number of aromatic carboxylic acids is 1. The molecule has 4 aromatic rings. The number of pyridine rings is 1. The number of carboxylic acid groups (broad SMARTS) is 1. The van der Waals surface area contributed by atoms with Gasteiger partial charge >= 0.3 is 5.97 Å². The number of thiophene rings is 1. The summed E-state index contributed by atoms with van der Waals surface area (Å²) in [4.78, 5) is 50.9. The molecule has 0 unspecified atom stereocenters. The number of carbonyl (C=O) groups is 3. The van der Waals surface area contributed by atoms with E-state index in [9.17, 15) is 29.4 Å². The lowest BCUT2D eigenvalue weighted by molar-refractivity contribution is -0.114. The van der Waals surface area contributed by atoms with Crippen LogP contribution in [0.3, 0.4) is 0 Å². The number of carbonyl (C=O) groups excluding carboxylic acids is 2. The third-order valence-electron chi connectivity index (χ3n) is 6.26. The Morgan fingerprint density at radius 1 is 1.02 bits per heavy atom. The van der Waals surface area contributed by atoms with E-state index in [-0.39, 0.29) is 40.7 Å². The fourth-order valence-electron chi connectivity index (χ4n) is 4.25. The van der Waals surface area contributed by atoms with E-state index >= 15 is 0 Å². The summed E-state index contributed by atoms with van der Waals surface area (Å²) in [6.07, 6.45) is -0.599. The lowest BCUT2D eigenvalue weighted by Gasteiger charge is -2.25. The second kappa shape index (κ2) is 13.5. The number of amides is 2. The Balaban J connectivity index is 1.49. The molecule has 0 radical (unpaired) electrons. The number of hydrogen-bond acceptors (Lipinski definition) is 8. The molecule has 2 aromatic heterocycles. The summed E-state index contributed by atoms with van der Waals surface area (Å²) >= 11 is 6.98. The maximum Gasteiger partial charge on any atom is 0.345 e.